The molecule has 0 aromatic heterocycles. The van der Waals surface area contributed by atoms with Gasteiger partial charge in [0.15, 0.2) is 0 Å². The highest BCUT2D eigenvalue weighted by Crippen LogP contribution is 2.23. The van der Waals surface area contributed by atoms with Crippen molar-refractivity contribution < 1.29 is 9.53 Å². The molecule has 4 heteroatoms. The van der Waals surface area contributed by atoms with Gasteiger partial charge in [-0.15, -0.1) is 0 Å². The number of para-hydroxylation sites is 1. The van der Waals surface area contributed by atoms with Crippen LogP contribution in [0.15, 0.2) is 30.3 Å². The summed E-state index contributed by atoms with van der Waals surface area (Å²) < 4.78 is 5.96. The lowest BCUT2D eigenvalue weighted by Crippen LogP contribution is -2.35. The lowest BCUT2D eigenvalue weighted by atomic mass is 9.93. The van der Waals surface area contributed by atoms with E-state index in [2.05, 4.69) is 11.9 Å². The fourth-order valence-corrected chi connectivity index (χ4v) is 3.38. The van der Waals surface area contributed by atoms with Gasteiger partial charge < -0.3 is 14.5 Å². The molecule has 2 aliphatic rings. The number of hydrogen-bond donors (Lipinski definition) is 0. The number of piperidine rings is 1. The monoisotopic (exact) mass is 302 g/mol. The van der Waals surface area contributed by atoms with Crippen LogP contribution >= 0.6 is 0 Å². The number of amides is 1. The van der Waals surface area contributed by atoms with Crippen molar-refractivity contribution in [1.82, 2.24) is 9.80 Å². The molecular formula is C18H26N2O2. The zero-order chi connectivity index (χ0) is 15.4. The van der Waals surface area contributed by atoms with E-state index in [9.17, 15) is 4.79 Å². The molecule has 0 N–H and O–H groups in total. The molecule has 2 heterocycles. The van der Waals surface area contributed by atoms with Crippen LogP contribution in [-0.2, 0) is 4.79 Å². The molecule has 0 saturated carbocycles. The number of ether oxygens (including phenoxy) is 1. The van der Waals surface area contributed by atoms with Gasteiger partial charge in [-0.05, 0) is 51.0 Å². The van der Waals surface area contributed by atoms with E-state index in [1.807, 2.05) is 35.2 Å². The molecule has 22 heavy (non-hydrogen) atoms. The molecule has 2 saturated heterocycles. The van der Waals surface area contributed by atoms with Crippen molar-refractivity contribution >= 4 is 5.91 Å². The average Bonchev–Trinajstić information content (AvgIpc) is 2.99. The van der Waals surface area contributed by atoms with Gasteiger partial charge in [0.2, 0.25) is 5.91 Å². The molecule has 0 bridgehead atoms. The number of hydrogen-bond acceptors (Lipinski definition) is 3. The molecule has 0 spiro atoms. The Morgan fingerprint density at radius 1 is 1.14 bits per heavy atom. The average molecular weight is 302 g/mol. The molecule has 1 aromatic carbocycles. The SMILES string of the molecule is CN1CCC(CC(=O)N2CC[C@H](Oc3ccccc3)C2)CC1. The maximum Gasteiger partial charge on any atom is 0.222 e. The van der Waals surface area contributed by atoms with E-state index in [-0.39, 0.29) is 6.10 Å². The number of rotatable bonds is 4. The molecule has 2 aliphatic heterocycles. The lowest BCUT2D eigenvalue weighted by molar-refractivity contribution is -0.131. The number of benzene rings is 1. The van der Waals surface area contributed by atoms with Crippen LogP contribution in [0.25, 0.3) is 0 Å². The van der Waals surface area contributed by atoms with Crippen LogP contribution in [0.4, 0.5) is 0 Å². The Bertz CT molecular complexity index is 483. The topological polar surface area (TPSA) is 32.8 Å². The van der Waals surface area contributed by atoms with Crippen molar-refractivity contribution in [3.63, 3.8) is 0 Å². The van der Waals surface area contributed by atoms with Crippen molar-refractivity contribution in [1.29, 1.82) is 0 Å². The first-order valence-corrected chi connectivity index (χ1v) is 8.39. The van der Waals surface area contributed by atoms with E-state index < -0.39 is 0 Å². The maximum absolute atomic E-state index is 12.4. The summed E-state index contributed by atoms with van der Waals surface area (Å²) in [7, 11) is 2.16. The second kappa shape index (κ2) is 7.14. The van der Waals surface area contributed by atoms with E-state index in [0.29, 0.717) is 18.2 Å². The van der Waals surface area contributed by atoms with Gasteiger partial charge >= 0.3 is 0 Å². The molecule has 2 fully saturated rings. The Labute approximate surface area is 133 Å². The highest BCUT2D eigenvalue weighted by molar-refractivity contribution is 5.76. The summed E-state index contributed by atoms with van der Waals surface area (Å²) in [5.74, 6) is 1.78. The summed E-state index contributed by atoms with van der Waals surface area (Å²) in [6.07, 6.45) is 4.10. The van der Waals surface area contributed by atoms with Crippen molar-refractivity contribution in [2.75, 3.05) is 33.2 Å². The fourth-order valence-electron chi connectivity index (χ4n) is 3.38. The summed E-state index contributed by atoms with van der Waals surface area (Å²) in [6, 6.07) is 9.89. The van der Waals surface area contributed by atoms with Gasteiger partial charge in [-0.1, -0.05) is 18.2 Å². The second-order valence-corrected chi connectivity index (χ2v) is 6.63. The molecule has 1 atom stereocenters. The summed E-state index contributed by atoms with van der Waals surface area (Å²) in [6.45, 7) is 3.82. The molecule has 3 rings (SSSR count). The highest BCUT2D eigenvalue weighted by Gasteiger charge is 2.29. The molecular weight excluding hydrogens is 276 g/mol. The third-order valence-corrected chi connectivity index (χ3v) is 4.85. The molecule has 0 radical (unpaired) electrons. The number of carbonyl (C=O) groups is 1. The fraction of sp³-hybridized carbons (Fsp3) is 0.611. The predicted molar refractivity (Wildman–Crippen MR) is 86.9 cm³/mol. The Kier molecular flexibility index (Phi) is 4.98. The summed E-state index contributed by atoms with van der Waals surface area (Å²) in [4.78, 5) is 16.8. The van der Waals surface area contributed by atoms with Crippen molar-refractivity contribution in [3.05, 3.63) is 30.3 Å². The van der Waals surface area contributed by atoms with Gasteiger partial charge in [0.05, 0.1) is 6.54 Å². The quantitative estimate of drug-likeness (QED) is 0.856. The van der Waals surface area contributed by atoms with Crippen LogP contribution < -0.4 is 4.74 Å². The third kappa shape index (κ3) is 4.01. The van der Waals surface area contributed by atoms with Gasteiger partial charge in [0.25, 0.3) is 0 Å². The van der Waals surface area contributed by atoms with E-state index in [4.69, 9.17) is 4.74 Å². The zero-order valence-electron chi connectivity index (χ0n) is 13.4. The second-order valence-electron chi connectivity index (χ2n) is 6.63. The van der Waals surface area contributed by atoms with Crippen LogP contribution in [0.5, 0.6) is 5.75 Å². The largest absolute Gasteiger partial charge is 0.489 e. The van der Waals surface area contributed by atoms with Gasteiger partial charge in [-0.2, -0.15) is 0 Å². The molecule has 0 unspecified atom stereocenters. The molecule has 120 valence electrons. The Morgan fingerprint density at radius 2 is 1.86 bits per heavy atom. The Morgan fingerprint density at radius 3 is 2.59 bits per heavy atom. The van der Waals surface area contributed by atoms with Crippen molar-refractivity contribution in [2.24, 2.45) is 5.92 Å². The standard InChI is InChI=1S/C18H26N2O2/c1-19-10-7-15(8-11-19)13-18(21)20-12-9-17(14-20)22-16-5-3-2-4-6-16/h2-6,15,17H,7-14H2,1H3/t17-/m0/s1. The van der Waals surface area contributed by atoms with Gasteiger partial charge in [-0.3, -0.25) is 4.79 Å². The smallest absolute Gasteiger partial charge is 0.222 e. The molecule has 0 aliphatic carbocycles. The number of carbonyl (C=O) groups excluding carboxylic acids is 1. The highest BCUT2D eigenvalue weighted by atomic mass is 16.5. The first-order valence-electron chi connectivity index (χ1n) is 8.39. The minimum atomic E-state index is 0.142. The molecule has 1 aromatic rings. The third-order valence-electron chi connectivity index (χ3n) is 4.85. The van der Waals surface area contributed by atoms with Crippen LogP contribution in [0, 0.1) is 5.92 Å². The van der Waals surface area contributed by atoms with Gasteiger partial charge in [0.1, 0.15) is 11.9 Å². The van der Waals surface area contributed by atoms with Crippen LogP contribution in [0.1, 0.15) is 25.7 Å². The summed E-state index contributed by atoms with van der Waals surface area (Å²) in [5.41, 5.74) is 0. The Hall–Kier alpha value is -1.55. The normalized spacial score (nSPS) is 23.7. The lowest BCUT2D eigenvalue weighted by Gasteiger charge is -2.29. The van der Waals surface area contributed by atoms with Gasteiger partial charge in [-0.25, -0.2) is 0 Å². The summed E-state index contributed by atoms with van der Waals surface area (Å²) in [5, 5.41) is 0. The molecule has 4 nitrogen and oxygen atoms in total. The minimum Gasteiger partial charge on any atom is -0.489 e. The number of likely N-dealkylation sites (tertiary alicyclic amines) is 2. The van der Waals surface area contributed by atoms with Crippen molar-refractivity contribution in [2.45, 2.75) is 31.8 Å². The zero-order valence-corrected chi connectivity index (χ0v) is 13.4. The van der Waals surface area contributed by atoms with Crippen LogP contribution in [-0.4, -0.2) is 55.0 Å². The minimum absolute atomic E-state index is 0.142. The maximum atomic E-state index is 12.4. The van der Waals surface area contributed by atoms with Crippen LogP contribution in [0.3, 0.4) is 0 Å². The predicted octanol–water partition coefficient (Wildman–Crippen LogP) is 2.40. The van der Waals surface area contributed by atoms with Crippen molar-refractivity contribution in [3.8, 4) is 5.75 Å². The Balaban J connectivity index is 1.44. The van der Waals surface area contributed by atoms with E-state index in [0.717, 1.165) is 51.2 Å². The number of nitrogens with zero attached hydrogens (tertiary/aromatic N) is 2. The van der Waals surface area contributed by atoms with E-state index >= 15 is 0 Å². The van der Waals surface area contributed by atoms with E-state index in [1.54, 1.807) is 0 Å². The van der Waals surface area contributed by atoms with Gasteiger partial charge in [0, 0.05) is 19.4 Å². The summed E-state index contributed by atoms with van der Waals surface area (Å²) >= 11 is 0. The van der Waals surface area contributed by atoms with Crippen LogP contribution in [0.2, 0.25) is 0 Å². The first kappa shape index (κ1) is 15.3. The van der Waals surface area contributed by atoms with E-state index in [1.165, 1.54) is 0 Å². The molecule has 1 amide bonds. The first-order chi connectivity index (χ1) is 10.7.